The average Bonchev–Trinajstić information content (AvgIpc) is 2.62. The largest absolute Gasteiger partial charge is 0.368 e. The van der Waals surface area contributed by atoms with Crippen LogP contribution in [-0.4, -0.2) is 36.1 Å². The molecule has 0 amide bonds. The van der Waals surface area contributed by atoms with E-state index in [1.165, 1.54) is 5.69 Å². The van der Waals surface area contributed by atoms with Crippen LogP contribution in [0, 0.1) is 11.3 Å². The van der Waals surface area contributed by atoms with Gasteiger partial charge in [0.15, 0.2) is 0 Å². The first-order valence-electron chi connectivity index (χ1n) is 8.01. The molecule has 0 N–H and O–H groups in total. The van der Waals surface area contributed by atoms with Gasteiger partial charge in [0.05, 0.1) is 0 Å². The Hall–Kier alpha value is -2.61. The minimum atomic E-state index is 0.287. The SMILES string of the molecule is CC(C)c1cc(C#N)nc(N2CCN(c3ccccc3)CC2)n1. The maximum absolute atomic E-state index is 9.19. The molecule has 0 radical (unpaired) electrons. The number of anilines is 2. The third-order valence-electron chi connectivity index (χ3n) is 4.12. The first kappa shape index (κ1) is 15.3. The lowest BCUT2D eigenvalue weighted by Gasteiger charge is -2.36. The molecule has 0 saturated carbocycles. The predicted molar refractivity (Wildman–Crippen MR) is 91.7 cm³/mol. The summed E-state index contributed by atoms with van der Waals surface area (Å²) in [6.07, 6.45) is 0. The van der Waals surface area contributed by atoms with Crippen molar-refractivity contribution in [2.75, 3.05) is 36.0 Å². The molecule has 1 fully saturated rings. The highest BCUT2D eigenvalue weighted by atomic mass is 15.3. The Bertz CT molecular complexity index is 697. The van der Waals surface area contributed by atoms with Gasteiger partial charge in [0.2, 0.25) is 5.95 Å². The molecule has 0 aliphatic carbocycles. The van der Waals surface area contributed by atoms with Crippen molar-refractivity contribution in [1.29, 1.82) is 5.26 Å². The van der Waals surface area contributed by atoms with Crippen LogP contribution in [0.3, 0.4) is 0 Å². The smallest absolute Gasteiger partial charge is 0.226 e. The van der Waals surface area contributed by atoms with Gasteiger partial charge in [0.1, 0.15) is 11.8 Å². The minimum absolute atomic E-state index is 0.287. The van der Waals surface area contributed by atoms with Crippen molar-refractivity contribution in [3.63, 3.8) is 0 Å². The first-order chi connectivity index (χ1) is 11.2. The van der Waals surface area contributed by atoms with E-state index in [-0.39, 0.29) is 5.92 Å². The fourth-order valence-corrected chi connectivity index (χ4v) is 2.75. The van der Waals surface area contributed by atoms with E-state index in [9.17, 15) is 5.26 Å². The van der Waals surface area contributed by atoms with E-state index in [1.54, 1.807) is 6.07 Å². The molecule has 2 heterocycles. The number of rotatable bonds is 3. The minimum Gasteiger partial charge on any atom is -0.368 e. The van der Waals surface area contributed by atoms with Crippen molar-refractivity contribution in [3.8, 4) is 6.07 Å². The molecule has 5 nitrogen and oxygen atoms in total. The summed E-state index contributed by atoms with van der Waals surface area (Å²) in [6.45, 7) is 7.76. The molecule has 0 unspecified atom stereocenters. The van der Waals surface area contributed by atoms with Gasteiger partial charge in [-0.25, -0.2) is 9.97 Å². The van der Waals surface area contributed by atoms with Gasteiger partial charge >= 0.3 is 0 Å². The van der Waals surface area contributed by atoms with Crippen LogP contribution in [-0.2, 0) is 0 Å². The van der Waals surface area contributed by atoms with E-state index < -0.39 is 0 Å². The Morgan fingerprint density at radius 2 is 1.65 bits per heavy atom. The number of aromatic nitrogens is 2. The van der Waals surface area contributed by atoms with Crippen molar-refractivity contribution in [2.45, 2.75) is 19.8 Å². The lowest BCUT2D eigenvalue weighted by Crippen LogP contribution is -2.47. The van der Waals surface area contributed by atoms with Crippen molar-refractivity contribution < 1.29 is 0 Å². The molecule has 3 rings (SSSR count). The molecule has 0 bridgehead atoms. The molecule has 1 aromatic carbocycles. The highest BCUT2D eigenvalue weighted by Crippen LogP contribution is 2.20. The first-order valence-corrected chi connectivity index (χ1v) is 8.01. The van der Waals surface area contributed by atoms with Crippen LogP contribution in [0.5, 0.6) is 0 Å². The highest BCUT2D eigenvalue weighted by molar-refractivity contribution is 5.48. The maximum Gasteiger partial charge on any atom is 0.226 e. The lowest BCUT2D eigenvalue weighted by molar-refractivity contribution is 0.636. The second-order valence-electron chi connectivity index (χ2n) is 6.05. The van der Waals surface area contributed by atoms with Gasteiger partial charge in [-0.1, -0.05) is 32.0 Å². The van der Waals surface area contributed by atoms with Gasteiger partial charge in [-0.05, 0) is 24.1 Å². The van der Waals surface area contributed by atoms with Crippen LogP contribution in [0.2, 0.25) is 0 Å². The molecule has 1 aliphatic rings. The van der Waals surface area contributed by atoms with Crippen LogP contribution < -0.4 is 9.80 Å². The number of hydrogen-bond donors (Lipinski definition) is 0. The number of piperazine rings is 1. The molecule has 5 heteroatoms. The zero-order chi connectivity index (χ0) is 16.2. The molecule has 118 valence electrons. The summed E-state index contributed by atoms with van der Waals surface area (Å²) in [5, 5.41) is 9.19. The van der Waals surface area contributed by atoms with E-state index >= 15 is 0 Å². The zero-order valence-electron chi connectivity index (χ0n) is 13.6. The monoisotopic (exact) mass is 307 g/mol. The Morgan fingerprint density at radius 1 is 1.00 bits per heavy atom. The summed E-state index contributed by atoms with van der Waals surface area (Å²) >= 11 is 0. The second-order valence-corrected chi connectivity index (χ2v) is 6.05. The molecule has 2 aromatic rings. The molecule has 1 aromatic heterocycles. The summed E-state index contributed by atoms with van der Waals surface area (Å²) < 4.78 is 0. The van der Waals surface area contributed by atoms with Crippen LogP contribution >= 0.6 is 0 Å². The topological polar surface area (TPSA) is 56.1 Å². The molecule has 1 aliphatic heterocycles. The Balaban J connectivity index is 1.75. The van der Waals surface area contributed by atoms with E-state index in [4.69, 9.17) is 0 Å². The summed E-state index contributed by atoms with van der Waals surface area (Å²) in [5.41, 5.74) is 2.63. The zero-order valence-corrected chi connectivity index (χ0v) is 13.6. The number of para-hydroxylation sites is 1. The van der Waals surface area contributed by atoms with E-state index in [0.717, 1.165) is 31.9 Å². The van der Waals surface area contributed by atoms with Crippen molar-refractivity contribution in [1.82, 2.24) is 9.97 Å². The van der Waals surface area contributed by atoms with Crippen molar-refractivity contribution in [3.05, 3.63) is 47.8 Å². The Labute approximate surface area is 137 Å². The van der Waals surface area contributed by atoms with Crippen molar-refractivity contribution >= 4 is 11.6 Å². The van der Waals surface area contributed by atoms with Crippen LogP contribution in [0.15, 0.2) is 36.4 Å². The number of hydrogen-bond acceptors (Lipinski definition) is 5. The summed E-state index contributed by atoms with van der Waals surface area (Å²) in [5.74, 6) is 0.968. The van der Waals surface area contributed by atoms with Gasteiger partial charge in [0, 0.05) is 37.6 Å². The molecule has 1 saturated heterocycles. The quantitative estimate of drug-likeness (QED) is 0.872. The van der Waals surface area contributed by atoms with Gasteiger partial charge in [-0.15, -0.1) is 0 Å². The summed E-state index contributed by atoms with van der Waals surface area (Å²) in [7, 11) is 0. The third kappa shape index (κ3) is 3.42. The van der Waals surface area contributed by atoms with Gasteiger partial charge in [-0.3, -0.25) is 0 Å². The number of benzene rings is 1. The van der Waals surface area contributed by atoms with Gasteiger partial charge < -0.3 is 9.80 Å². The van der Waals surface area contributed by atoms with Crippen LogP contribution in [0.1, 0.15) is 31.2 Å². The molecule has 23 heavy (non-hydrogen) atoms. The van der Waals surface area contributed by atoms with Crippen LogP contribution in [0.25, 0.3) is 0 Å². The third-order valence-corrected chi connectivity index (χ3v) is 4.12. The molecular formula is C18H21N5. The fourth-order valence-electron chi connectivity index (χ4n) is 2.75. The van der Waals surface area contributed by atoms with E-state index in [0.29, 0.717) is 11.6 Å². The highest BCUT2D eigenvalue weighted by Gasteiger charge is 2.20. The van der Waals surface area contributed by atoms with E-state index in [2.05, 4.69) is 63.9 Å². The standard InChI is InChI=1S/C18H21N5/c1-14(2)17-12-15(13-19)20-18(21-17)23-10-8-22(9-11-23)16-6-4-3-5-7-16/h3-7,12,14H,8-11H2,1-2H3. The predicted octanol–water partition coefficient (Wildman–Crippen LogP) is 2.80. The summed E-state index contributed by atoms with van der Waals surface area (Å²) in [4.78, 5) is 13.6. The average molecular weight is 307 g/mol. The van der Waals surface area contributed by atoms with Crippen molar-refractivity contribution in [2.24, 2.45) is 0 Å². The maximum atomic E-state index is 9.19. The molecular weight excluding hydrogens is 286 g/mol. The molecule has 0 atom stereocenters. The van der Waals surface area contributed by atoms with Gasteiger partial charge in [-0.2, -0.15) is 5.26 Å². The molecule has 0 spiro atoms. The normalized spacial score (nSPS) is 14.9. The lowest BCUT2D eigenvalue weighted by atomic mass is 10.1. The van der Waals surface area contributed by atoms with E-state index in [1.807, 2.05) is 6.07 Å². The Morgan fingerprint density at radius 3 is 2.26 bits per heavy atom. The van der Waals surface area contributed by atoms with Crippen LogP contribution in [0.4, 0.5) is 11.6 Å². The fraction of sp³-hybridized carbons (Fsp3) is 0.389. The Kier molecular flexibility index (Phi) is 4.42. The number of nitriles is 1. The number of nitrogens with zero attached hydrogens (tertiary/aromatic N) is 5. The second kappa shape index (κ2) is 6.66. The summed E-state index contributed by atoms with van der Waals surface area (Å²) in [6, 6.07) is 14.4. The van der Waals surface area contributed by atoms with Gasteiger partial charge in [0.25, 0.3) is 0 Å².